The number of carbonyl (C=O) groups excluding carboxylic acids is 1. The SMILES string of the molecule is CC(C)NC(=O)Nc1ccc(-c2c(N)c3cc(OCCn4cncn4)ccc3n2C2CCC2)cc1. The lowest BCUT2D eigenvalue weighted by atomic mass is 9.92. The Balaban J connectivity index is 1.42. The van der Waals surface area contributed by atoms with E-state index in [-0.39, 0.29) is 12.1 Å². The van der Waals surface area contributed by atoms with Crippen LogP contribution in [0, 0.1) is 0 Å². The van der Waals surface area contributed by atoms with Crippen LogP contribution >= 0.6 is 0 Å². The molecule has 0 atom stereocenters. The van der Waals surface area contributed by atoms with E-state index in [2.05, 4.69) is 31.3 Å². The summed E-state index contributed by atoms with van der Waals surface area (Å²) in [5.74, 6) is 0.775. The van der Waals surface area contributed by atoms with Gasteiger partial charge >= 0.3 is 6.03 Å². The van der Waals surface area contributed by atoms with Gasteiger partial charge in [0.15, 0.2) is 0 Å². The molecule has 0 aliphatic heterocycles. The zero-order chi connectivity index (χ0) is 24.4. The van der Waals surface area contributed by atoms with Crippen molar-refractivity contribution in [2.45, 2.75) is 51.7 Å². The topological polar surface area (TPSA) is 112 Å². The van der Waals surface area contributed by atoms with E-state index < -0.39 is 0 Å². The number of carbonyl (C=O) groups is 1. The highest BCUT2D eigenvalue weighted by molar-refractivity contribution is 6.02. The molecular weight excluding hydrogens is 442 g/mol. The first kappa shape index (κ1) is 22.8. The summed E-state index contributed by atoms with van der Waals surface area (Å²) < 4.78 is 10.1. The number of ether oxygens (including phenoxy) is 1. The molecule has 2 aromatic heterocycles. The van der Waals surface area contributed by atoms with E-state index in [0.29, 0.717) is 19.2 Å². The molecule has 4 aromatic rings. The minimum atomic E-state index is -0.216. The van der Waals surface area contributed by atoms with Crippen molar-refractivity contribution in [3.63, 3.8) is 0 Å². The van der Waals surface area contributed by atoms with Gasteiger partial charge in [-0.25, -0.2) is 14.5 Å². The van der Waals surface area contributed by atoms with Gasteiger partial charge in [-0.2, -0.15) is 5.10 Å². The molecule has 1 aliphatic carbocycles. The molecule has 9 nitrogen and oxygen atoms in total. The maximum atomic E-state index is 12.0. The molecule has 35 heavy (non-hydrogen) atoms. The Morgan fingerprint density at radius 3 is 2.66 bits per heavy atom. The Hall–Kier alpha value is -4.01. The summed E-state index contributed by atoms with van der Waals surface area (Å²) >= 11 is 0. The molecule has 1 aliphatic rings. The Kier molecular flexibility index (Phi) is 6.31. The molecule has 9 heteroatoms. The van der Waals surface area contributed by atoms with Gasteiger partial charge < -0.3 is 25.7 Å². The quantitative estimate of drug-likeness (QED) is 0.340. The lowest BCUT2D eigenvalue weighted by molar-refractivity contribution is 0.250. The van der Waals surface area contributed by atoms with Gasteiger partial charge in [-0.3, -0.25) is 0 Å². The molecular formula is C26H31N7O2. The van der Waals surface area contributed by atoms with Gasteiger partial charge in [-0.1, -0.05) is 12.1 Å². The van der Waals surface area contributed by atoms with Crippen molar-refractivity contribution in [1.29, 1.82) is 0 Å². The first-order valence-corrected chi connectivity index (χ1v) is 12.1. The number of nitrogens with zero attached hydrogens (tertiary/aromatic N) is 4. The first-order valence-electron chi connectivity index (χ1n) is 12.1. The largest absolute Gasteiger partial charge is 0.492 e. The molecule has 2 amide bonds. The second kappa shape index (κ2) is 9.69. The molecule has 2 heterocycles. The average Bonchev–Trinajstić information content (AvgIpc) is 3.40. The number of urea groups is 1. The molecule has 0 bridgehead atoms. The normalized spacial score (nSPS) is 13.7. The maximum absolute atomic E-state index is 12.0. The van der Waals surface area contributed by atoms with Crippen molar-refractivity contribution in [2.24, 2.45) is 0 Å². The summed E-state index contributed by atoms with van der Waals surface area (Å²) in [6.07, 6.45) is 6.69. The van der Waals surface area contributed by atoms with Crippen molar-refractivity contribution in [3.05, 3.63) is 55.1 Å². The fourth-order valence-corrected chi connectivity index (χ4v) is 4.47. The van der Waals surface area contributed by atoms with Crippen LogP contribution in [0.5, 0.6) is 5.75 Å². The van der Waals surface area contributed by atoms with Crippen LogP contribution in [0.25, 0.3) is 22.2 Å². The number of rotatable bonds is 8. The Bertz CT molecular complexity index is 1310. The number of fused-ring (bicyclic) bond motifs is 1. The first-order chi connectivity index (χ1) is 17.0. The van der Waals surface area contributed by atoms with Gasteiger partial charge in [0, 0.05) is 28.7 Å². The zero-order valence-corrected chi connectivity index (χ0v) is 20.1. The summed E-state index contributed by atoms with van der Waals surface area (Å²) in [7, 11) is 0. The van der Waals surface area contributed by atoms with Crippen LogP contribution in [0.4, 0.5) is 16.2 Å². The summed E-state index contributed by atoms with van der Waals surface area (Å²) in [5, 5.41) is 10.8. The molecule has 182 valence electrons. The third-order valence-electron chi connectivity index (χ3n) is 6.35. The molecule has 2 aromatic carbocycles. The Labute approximate surface area is 204 Å². The Morgan fingerprint density at radius 1 is 1.20 bits per heavy atom. The third-order valence-corrected chi connectivity index (χ3v) is 6.35. The van der Waals surface area contributed by atoms with E-state index in [0.717, 1.165) is 52.1 Å². The van der Waals surface area contributed by atoms with E-state index in [1.54, 1.807) is 11.0 Å². The van der Waals surface area contributed by atoms with Gasteiger partial charge in [0.2, 0.25) is 0 Å². The van der Waals surface area contributed by atoms with E-state index in [9.17, 15) is 4.79 Å². The number of aromatic nitrogens is 4. The van der Waals surface area contributed by atoms with Gasteiger partial charge in [-0.15, -0.1) is 0 Å². The van der Waals surface area contributed by atoms with Crippen LogP contribution in [-0.2, 0) is 6.54 Å². The molecule has 1 saturated carbocycles. The van der Waals surface area contributed by atoms with E-state index in [4.69, 9.17) is 10.5 Å². The monoisotopic (exact) mass is 473 g/mol. The van der Waals surface area contributed by atoms with E-state index in [1.165, 1.54) is 12.7 Å². The maximum Gasteiger partial charge on any atom is 0.319 e. The molecule has 0 radical (unpaired) electrons. The number of nitrogen functional groups attached to an aromatic ring is 1. The zero-order valence-electron chi connectivity index (χ0n) is 20.1. The lowest BCUT2D eigenvalue weighted by Gasteiger charge is -2.30. The summed E-state index contributed by atoms with van der Waals surface area (Å²) in [4.78, 5) is 16.0. The van der Waals surface area contributed by atoms with E-state index in [1.807, 2.05) is 50.2 Å². The highest BCUT2D eigenvalue weighted by atomic mass is 16.5. The van der Waals surface area contributed by atoms with Crippen molar-refractivity contribution in [2.75, 3.05) is 17.7 Å². The summed E-state index contributed by atoms with van der Waals surface area (Å²) in [5.41, 5.74) is 11.4. The van der Waals surface area contributed by atoms with Gasteiger partial charge in [0.1, 0.15) is 25.0 Å². The highest BCUT2D eigenvalue weighted by Gasteiger charge is 2.27. The smallest absolute Gasteiger partial charge is 0.319 e. The molecule has 1 fully saturated rings. The minimum absolute atomic E-state index is 0.0729. The van der Waals surface area contributed by atoms with Crippen LogP contribution in [0.3, 0.4) is 0 Å². The van der Waals surface area contributed by atoms with Crippen molar-refractivity contribution in [1.82, 2.24) is 24.6 Å². The molecule has 0 saturated heterocycles. The van der Waals surface area contributed by atoms with Crippen LogP contribution in [0.15, 0.2) is 55.1 Å². The Morgan fingerprint density at radius 2 is 2.00 bits per heavy atom. The lowest BCUT2D eigenvalue weighted by Crippen LogP contribution is -2.34. The summed E-state index contributed by atoms with van der Waals surface area (Å²) in [6.45, 7) is 4.97. The van der Waals surface area contributed by atoms with Crippen molar-refractivity contribution in [3.8, 4) is 17.0 Å². The number of hydrogen-bond acceptors (Lipinski definition) is 5. The second-order valence-corrected chi connectivity index (χ2v) is 9.23. The third kappa shape index (κ3) is 4.80. The number of nitrogens with one attached hydrogen (secondary N) is 2. The minimum Gasteiger partial charge on any atom is -0.492 e. The molecule has 5 rings (SSSR count). The fourth-order valence-electron chi connectivity index (χ4n) is 4.47. The van der Waals surface area contributed by atoms with Crippen molar-refractivity contribution < 1.29 is 9.53 Å². The second-order valence-electron chi connectivity index (χ2n) is 9.23. The van der Waals surface area contributed by atoms with Gasteiger partial charge in [-0.05, 0) is 63.4 Å². The average molecular weight is 474 g/mol. The standard InChI is InChI=1S/C26H31N7O2/c1-17(2)30-26(34)31-19-8-6-18(7-9-19)25-24(27)22-14-21(35-13-12-32-16-28-15-29-32)10-11-23(22)33(25)20-4-3-5-20/h6-11,14-17,20H,3-5,12-13,27H2,1-2H3,(H2,30,31,34). The van der Waals surface area contributed by atoms with E-state index >= 15 is 0 Å². The number of amides is 2. The molecule has 4 N–H and O–H groups in total. The predicted molar refractivity (Wildman–Crippen MR) is 137 cm³/mol. The number of anilines is 2. The number of benzene rings is 2. The van der Waals surface area contributed by atoms with Crippen molar-refractivity contribution >= 4 is 28.3 Å². The summed E-state index contributed by atoms with van der Waals surface area (Å²) in [6, 6.07) is 14.3. The number of nitrogens with two attached hydrogens (primary N) is 1. The molecule has 0 spiro atoms. The van der Waals surface area contributed by atoms with Crippen LogP contribution in [0.1, 0.15) is 39.2 Å². The highest BCUT2D eigenvalue weighted by Crippen LogP contribution is 2.44. The van der Waals surface area contributed by atoms with Gasteiger partial charge in [0.05, 0.1) is 23.4 Å². The fraction of sp³-hybridized carbons (Fsp3) is 0.346. The van der Waals surface area contributed by atoms with Crippen LogP contribution < -0.4 is 21.1 Å². The number of hydrogen-bond donors (Lipinski definition) is 3. The van der Waals surface area contributed by atoms with Gasteiger partial charge in [0.25, 0.3) is 0 Å². The predicted octanol–water partition coefficient (Wildman–Crippen LogP) is 4.82. The van der Waals surface area contributed by atoms with Crippen LogP contribution in [-0.4, -0.2) is 38.0 Å². The molecule has 0 unspecified atom stereocenters. The van der Waals surface area contributed by atoms with Crippen LogP contribution in [0.2, 0.25) is 0 Å².